The van der Waals surface area contributed by atoms with Gasteiger partial charge in [0, 0.05) is 36.8 Å². The highest BCUT2D eigenvalue weighted by molar-refractivity contribution is 5.89. The molecule has 0 aliphatic carbocycles. The normalized spacial score (nSPS) is 10.5. The monoisotopic (exact) mass is 239 g/mol. The second-order valence-electron chi connectivity index (χ2n) is 3.77. The summed E-state index contributed by atoms with van der Waals surface area (Å²) in [5.74, 6) is -0.0818. The number of pyridine rings is 1. The summed E-state index contributed by atoms with van der Waals surface area (Å²) in [5, 5.41) is 2.70. The van der Waals surface area contributed by atoms with Crippen LogP contribution in [-0.4, -0.2) is 17.1 Å². The van der Waals surface area contributed by atoms with Gasteiger partial charge in [0.15, 0.2) is 0 Å². The SMILES string of the molecule is CC(=O)Nc1ccc(N=Cc2cccnc2)cc1. The number of aliphatic imine (C=N–C) groups is 1. The third kappa shape index (κ3) is 3.52. The van der Waals surface area contributed by atoms with Crippen molar-refractivity contribution in [3.63, 3.8) is 0 Å². The van der Waals surface area contributed by atoms with E-state index in [9.17, 15) is 4.79 Å². The summed E-state index contributed by atoms with van der Waals surface area (Å²) < 4.78 is 0. The van der Waals surface area contributed by atoms with Crippen LogP contribution in [0.25, 0.3) is 0 Å². The summed E-state index contributed by atoms with van der Waals surface area (Å²) >= 11 is 0. The number of rotatable bonds is 3. The fourth-order valence-electron chi connectivity index (χ4n) is 1.44. The highest BCUT2D eigenvalue weighted by atomic mass is 16.1. The zero-order chi connectivity index (χ0) is 12.8. The van der Waals surface area contributed by atoms with E-state index in [1.807, 2.05) is 36.4 Å². The molecule has 4 heteroatoms. The van der Waals surface area contributed by atoms with Crippen LogP contribution in [0.2, 0.25) is 0 Å². The van der Waals surface area contributed by atoms with Gasteiger partial charge in [-0.3, -0.25) is 14.8 Å². The number of nitrogens with zero attached hydrogens (tertiary/aromatic N) is 2. The Balaban J connectivity index is 2.06. The van der Waals surface area contributed by atoms with Crippen molar-refractivity contribution in [3.05, 3.63) is 54.4 Å². The molecule has 0 aliphatic heterocycles. The fraction of sp³-hybridized carbons (Fsp3) is 0.0714. The van der Waals surface area contributed by atoms with E-state index in [2.05, 4.69) is 15.3 Å². The van der Waals surface area contributed by atoms with Gasteiger partial charge < -0.3 is 5.32 Å². The molecule has 0 radical (unpaired) electrons. The van der Waals surface area contributed by atoms with Gasteiger partial charge in [-0.1, -0.05) is 6.07 Å². The van der Waals surface area contributed by atoms with E-state index in [-0.39, 0.29) is 5.91 Å². The first kappa shape index (κ1) is 12.0. The van der Waals surface area contributed by atoms with E-state index in [1.54, 1.807) is 18.6 Å². The number of anilines is 1. The van der Waals surface area contributed by atoms with Crippen molar-refractivity contribution in [1.82, 2.24) is 4.98 Å². The molecular formula is C14H13N3O. The number of amides is 1. The second-order valence-corrected chi connectivity index (χ2v) is 3.77. The number of carbonyl (C=O) groups is 1. The maximum Gasteiger partial charge on any atom is 0.221 e. The third-order valence-corrected chi connectivity index (χ3v) is 2.23. The Hall–Kier alpha value is -2.49. The molecule has 4 nitrogen and oxygen atoms in total. The van der Waals surface area contributed by atoms with Crippen LogP contribution in [0.15, 0.2) is 53.8 Å². The molecule has 18 heavy (non-hydrogen) atoms. The van der Waals surface area contributed by atoms with Gasteiger partial charge in [0.05, 0.1) is 5.69 Å². The van der Waals surface area contributed by atoms with Crippen LogP contribution in [0.5, 0.6) is 0 Å². The minimum absolute atomic E-state index is 0.0818. The van der Waals surface area contributed by atoms with E-state index in [0.717, 1.165) is 16.9 Å². The standard InChI is InChI=1S/C14H13N3O/c1-11(18)17-14-6-4-13(5-7-14)16-10-12-3-2-8-15-9-12/h2-10H,1H3,(H,17,18). The van der Waals surface area contributed by atoms with Gasteiger partial charge in [-0.15, -0.1) is 0 Å². The quantitative estimate of drug-likeness (QED) is 0.837. The van der Waals surface area contributed by atoms with Crippen LogP contribution in [0, 0.1) is 0 Å². The minimum Gasteiger partial charge on any atom is -0.326 e. The van der Waals surface area contributed by atoms with Crippen LogP contribution in [-0.2, 0) is 4.79 Å². The van der Waals surface area contributed by atoms with Gasteiger partial charge in [-0.25, -0.2) is 0 Å². The number of hydrogen-bond donors (Lipinski definition) is 1. The number of aromatic nitrogens is 1. The van der Waals surface area contributed by atoms with Crippen LogP contribution in [0.3, 0.4) is 0 Å². The molecule has 1 aromatic carbocycles. The first-order chi connectivity index (χ1) is 8.74. The van der Waals surface area contributed by atoms with Crippen LogP contribution in [0.4, 0.5) is 11.4 Å². The second kappa shape index (κ2) is 5.72. The third-order valence-electron chi connectivity index (χ3n) is 2.23. The van der Waals surface area contributed by atoms with Crippen LogP contribution < -0.4 is 5.32 Å². The van der Waals surface area contributed by atoms with Crippen molar-refractivity contribution in [3.8, 4) is 0 Å². The Morgan fingerprint density at radius 3 is 2.67 bits per heavy atom. The predicted molar refractivity (Wildman–Crippen MR) is 72.2 cm³/mol. The lowest BCUT2D eigenvalue weighted by Gasteiger charge is -2.01. The number of nitrogens with one attached hydrogen (secondary N) is 1. The topological polar surface area (TPSA) is 54.4 Å². The summed E-state index contributed by atoms with van der Waals surface area (Å²) in [6, 6.07) is 11.1. The fourth-order valence-corrected chi connectivity index (χ4v) is 1.44. The highest BCUT2D eigenvalue weighted by Crippen LogP contribution is 2.16. The number of benzene rings is 1. The zero-order valence-electron chi connectivity index (χ0n) is 10.00. The Morgan fingerprint density at radius 2 is 2.06 bits per heavy atom. The van der Waals surface area contributed by atoms with Crippen molar-refractivity contribution in [2.24, 2.45) is 4.99 Å². The van der Waals surface area contributed by atoms with Gasteiger partial charge in [0.1, 0.15) is 0 Å². The molecule has 0 fully saturated rings. The average molecular weight is 239 g/mol. The van der Waals surface area contributed by atoms with Gasteiger partial charge in [0.2, 0.25) is 5.91 Å². The molecule has 0 bridgehead atoms. The van der Waals surface area contributed by atoms with Crippen LogP contribution in [0.1, 0.15) is 12.5 Å². The molecule has 1 heterocycles. The smallest absolute Gasteiger partial charge is 0.221 e. The Morgan fingerprint density at radius 1 is 1.28 bits per heavy atom. The van der Waals surface area contributed by atoms with Crippen molar-refractivity contribution >= 4 is 23.5 Å². The molecule has 1 aromatic heterocycles. The van der Waals surface area contributed by atoms with Gasteiger partial charge in [-0.05, 0) is 30.3 Å². The van der Waals surface area contributed by atoms with Crippen molar-refractivity contribution in [2.75, 3.05) is 5.32 Å². The number of carbonyl (C=O) groups excluding carboxylic acids is 1. The average Bonchev–Trinajstić information content (AvgIpc) is 2.38. The lowest BCUT2D eigenvalue weighted by molar-refractivity contribution is -0.114. The van der Waals surface area contributed by atoms with E-state index in [1.165, 1.54) is 6.92 Å². The number of hydrogen-bond acceptors (Lipinski definition) is 3. The van der Waals surface area contributed by atoms with E-state index in [4.69, 9.17) is 0 Å². The zero-order valence-corrected chi connectivity index (χ0v) is 10.00. The van der Waals surface area contributed by atoms with E-state index in [0.29, 0.717) is 0 Å². The van der Waals surface area contributed by atoms with Gasteiger partial charge in [0.25, 0.3) is 0 Å². The minimum atomic E-state index is -0.0818. The summed E-state index contributed by atoms with van der Waals surface area (Å²) in [4.78, 5) is 19.2. The molecule has 0 atom stereocenters. The van der Waals surface area contributed by atoms with Crippen molar-refractivity contribution < 1.29 is 4.79 Å². The maximum atomic E-state index is 10.9. The van der Waals surface area contributed by atoms with Crippen molar-refractivity contribution in [1.29, 1.82) is 0 Å². The molecule has 1 N–H and O–H groups in total. The molecular weight excluding hydrogens is 226 g/mol. The molecule has 0 saturated heterocycles. The first-order valence-corrected chi connectivity index (χ1v) is 5.56. The summed E-state index contributed by atoms with van der Waals surface area (Å²) in [6.07, 6.45) is 5.22. The molecule has 2 rings (SSSR count). The van der Waals surface area contributed by atoms with Gasteiger partial charge in [-0.2, -0.15) is 0 Å². The highest BCUT2D eigenvalue weighted by Gasteiger charge is 1.94. The first-order valence-electron chi connectivity index (χ1n) is 5.56. The molecule has 1 amide bonds. The van der Waals surface area contributed by atoms with E-state index < -0.39 is 0 Å². The van der Waals surface area contributed by atoms with E-state index >= 15 is 0 Å². The molecule has 90 valence electrons. The van der Waals surface area contributed by atoms with Crippen molar-refractivity contribution in [2.45, 2.75) is 6.92 Å². The lowest BCUT2D eigenvalue weighted by atomic mass is 10.2. The predicted octanol–water partition coefficient (Wildman–Crippen LogP) is 2.79. The van der Waals surface area contributed by atoms with Gasteiger partial charge >= 0.3 is 0 Å². The Bertz CT molecular complexity index is 547. The largest absolute Gasteiger partial charge is 0.326 e. The summed E-state index contributed by atoms with van der Waals surface area (Å²) in [6.45, 7) is 1.48. The lowest BCUT2D eigenvalue weighted by Crippen LogP contribution is -2.04. The summed E-state index contributed by atoms with van der Waals surface area (Å²) in [7, 11) is 0. The Labute approximate surface area is 105 Å². The van der Waals surface area contributed by atoms with Crippen LogP contribution >= 0.6 is 0 Å². The molecule has 2 aromatic rings. The molecule has 0 aliphatic rings. The Kier molecular flexibility index (Phi) is 3.81. The molecule has 0 saturated carbocycles. The molecule has 0 unspecified atom stereocenters. The molecule has 0 spiro atoms. The maximum absolute atomic E-state index is 10.9. The summed E-state index contributed by atoms with van der Waals surface area (Å²) in [5.41, 5.74) is 2.54.